The Hall–Kier alpha value is -2.63. The molecular formula is C15H17N3O3. The molecule has 0 saturated heterocycles. The lowest BCUT2D eigenvalue weighted by atomic mass is 10.2. The zero-order valence-electron chi connectivity index (χ0n) is 12.0. The van der Waals surface area contributed by atoms with Crippen molar-refractivity contribution in [2.45, 2.75) is 20.4 Å². The van der Waals surface area contributed by atoms with Crippen LogP contribution in [-0.4, -0.2) is 16.5 Å². The fourth-order valence-corrected chi connectivity index (χ4v) is 1.85. The van der Waals surface area contributed by atoms with Crippen molar-refractivity contribution < 1.29 is 9.66 Å². The molecule has 0 fully saturated rings. The van der Waals surface area contributed by atoms with Crippen LogP contribution in [0.25, 0.3) is 0 Å². The predicted molar refractivity (Wildman–Crippen MR) is 80.6 cm³/mol. The van der Waals surface area contributed by atoms with Gasteiger partial charge < -0.3 is 10.1 Å². The summed E-state index contributed by atoms with van der Waals surface area (Å²) in [5.41, 5.74) is 2.61. The van der Waals surface area contributed by atoms with E-state index in [-0.39, 0.29) is 5.69 Å². The summed E-state index contributed by atoms with van der Waals surface area (Å²) < 4.78 is 5.35. The van der Waals surface area contributed by atoms with Crippen LogP contribution >= 0.6 is 0 Å². The smallest absolute Gasteiger partial charge is 0.275 e. The molecule has 0 aliphatic rings. The molecule has 0 aliphatic carbocycles. The van der Waals surface area contributed by atoms with E-state index >= 15 is 0 Å². The monoisotopic (exact) mass is 287 g/mol. The second-order valence-electron chi connectivity index (χ2n) is 4.57. The number of nitrogens with zero attached hydrogens (tertiary/aromatic N) is 2. The minimum atomic E-state index is -0.429. The highest BCUT2D eigenvalue weighted by molar-refractivity contribution is 5.56. The summed E-state index contributed by atoms with van der Waals surface area (Å²) in [4.78, 5) is 14.7. The number of aromatic nitrogens is 1. The van der Waals surface area contributed by atoms with E-state index in [4.69, 9.17) is 4.74 Å². The molecule has 6 heteroatoms. The summed E-state index contributed by atoms with van der Waals surface area (Å²) in [6, 6.07) is 8.55. The van der Waals surface area contributed by atoms with Crippen LogP contribution in [0.15, 0.2) is 36.5 Å². The van der Waals surface area contributed by atoms with Gasteiger partial charge in [-0.1, -0.05) is 6.07 Å². The summed E-state index contributed by atoms with van der Waals surface area (Å²) in [5.74, 6) is 0.483. The molecule has 6 nitrogen and oxygen atoms in total. The van der Waals surface area contributed by atoms with Crippen LogP contribution in [0.5, 0.6) is 5.75 Å². The van der Waals surface area contributed by atoms with Crippen molar-refractivity contribution in [2.75, 3.05) is 11.9 Å². The Kier molecular flexibility index (Phi) is 4.71. The van der Waals surface area contributed by atoms with Gasteiger partial charge in [0, 0.05) is 36.3 Å². The molecule has 1 aromatic carbocycles. The number of hydrogen-bond acceptors (Lipinski definition) is 5. The standard InChI is InChI=1S/C15H17N3O3/c1-3-21-15-7-13(6-14(8-15)18(19)20)17-10-12-5-4-11(2)16-9-12/h4-9,17H,3,10H2,1-2H3. The quantitative estimate of drug-likeness (QED) is 0.651. The highest BCUT2D eigenvalue weighted by Gasteiger charge is 2.10. The van der Waals surface area contributed by atoms with Gasteiger partial charge in [-0.25, -0.2) is 0 Å². The van der Waals surface area contributed by atoms with Gasteiger partial charge in [-0.05, 0) is 25.5 Å². The highest BCUT2D eigenvalue weighted by Crippen LogP contribution is 2.26. The van der Waals surface area contributed by atoms with Gasteiger partial charge in [-0.15, -0.1) is 0 Å². The number of non-ortho nitro benzene ring substituents is 1. The number of anilines is 1. The zero-order valence-corrected chi connectivity index (χ0v) is 12.0. The fourth-order valence-electron chi connectivity index (χ4n) is 1.85. The lowest BCUT2D eigenvalue weighted by molar-refractivity contribution is -0.384. The van der Waals surface area contributed by atoms with E-state index in [1.807, 2.05) is 26.0 Å². The Morgan fingerprint density at radius 3 is 2.76 bits per heavy atom. The molecule has 2 aromatic rings. The molecular weight excluding hydrogens is 270 g/mol. The molecule has 2 rings (SSSR count). The molecule has 0 spiro atoms. The molecule has 0 atom stereocenters. The minimum Gasteiger partial charge on any atom is -0.494 e. The van der Waals surface area contributed by atoms with E-state index in [1.54, 1.807) is 12.3 Å². The molecule has 0 radical (unpaired) electrons. The maximum Gasteiger partial charge on any atom is 0.275 e. The average molecular weight is 287 g/mol. The number of rotatable bonds is 6. The van der Waals surface area contributed by atoms with Gasteiger partial charge in [0.15, 0.2) is 0 Å². The Bertz CT molecular complexity index is 627. The Balaban J connectivity index is 2.14. The van der Waals surface area contributed by atoms with E-state index in [2.05, 4.69) is 10.3 Å². The van der Waals surface area contributed by atoms with Crippen molar-refractivity contribution in [3.05, 3.63) is 57.9 Å². The van der Waals surface area contributed by atoms with E-state index < -0.39 is 4.92 Å². The average Bonchev–Trinajstić information content (AvgIpc) is 2.47. The number of hydrogen-bond donors (Lipinski definition) is 1. The Morgan fingerprint density at radius 1 is 1.33 bits per heavy atom. The van der Waals surface area contributed by atoms with Crippen LogP contribution in [0.2, 0.25) is 0 Å². The van der Waals surface area contributed by atoms with Gasteiger partial charge in [-0.2, -0.15) is 0 Å². The lowest BCUT2D eigenvalue weighted by Crippen LogP contribution is -2.02. The third-order valence-corrected chi connectivity index (χ3v) is 2.88. The maximum atomic E-state index is 10.9. The molecule has 1 heterocycles. The molecule has 0 saturated carbocycles. The second kappa shape index (κ2) is 6.69. The van der Waals surface area contributed by atoms with E-state index in [0.717, 1.165) is 11.3 Å². The first kappa shape index (κ1) is 14.8. The third-order valence-electron chi connectivity index (χ3n) is 2.88. The van der Waals surface area contributed by atoms with Crippen LogP contribution in [-0.2, 0) is 6.54 Å². The summed E-state index contributed by atoms with van der Waals surface area (Å²) >= 11 is 0. The molecule has 1 aromatic heterocycles. The zero-order chi connectivity index (χ0) is 15.2. The first-order valence-electron chi connectivity index (χ1n) is 6.66. The molecule has 0 amide bonds. The predicted octanol–water partition coefficient (Wildman–Crippen LogP) is 3.31. The number of nitro benzene ring substituents is 1. The molecule has 1 N–H and O–H groups in total. The summed E-state index contributed by atoms with van der Waals surface area (Å²) in [7, 11) is 0. The third kappa shape index (κ3) is 4.17. The number of benzene rings is 1. The van der Waals surface area contributed by atoms with Crippen molar-refractivity contribution in [2.24, 2.45) is 0 Å². The van der Waals surface area contributed by atoms with Gasteiger partial charge in [0.25, 0.3) is 5.69 Å². The van der Waals surface area contributed by atoms with E-state index in [9.17, 15) is 10.1 Å². The van der Waals surface area contributed by atoms with Crippen molar-refractivity contribution in [3.63, 3.8) is 0 Å². The van der Waals surface area contributed by atoms with Gasteiger partial charge in [-0.3, -0.25) is 15.1 Å². The van der Waals surface area contributed by atoms with Gasteiger partial charge in [0.05, 0.1) is 17.6 Å². The van der Waals surface area contributed by atoms with Crippen LogP contribution < -0.4 is 10.1 Å². The first-order valence-corrected chi connectivity index (χ1v) is 6.66. The molecule has 110 valence electrons. The van der Waals surface area contributed by atoms with Gasteiger partial charge in [0.1, 0.15) is 5.75 Å². The fraction of sp³-hybridized carbons (Fsp3) is 0.267. The molecule has 0 aliphatic heterocycles. The van der Waals surface area contributed by atoms with Crippen LogP contribution in [0, 0.1) is 17.0 Å². The first-order chi connectivity index (χ1) is 10.1. The number of aryl methyl sites for hydroxylation is 1. The maximum absolute atomic E-state index is 10.9. The Morgan fingerprint density at radius 2 is 2.14 bits per heavy atom. The Labute approximate surface area is 122 Å². The molecule has 0 bridgehead atoms. The van der Waals surface area contributed by atoms with Crippen molar-refractivity contribution in [1.82, 2.24) is 4.98 Å². The second-order valence-corrected chi connectivity index (χ2v) is 4.57. The van der Waals surface area contributed by atoms with E-state index in [1.165, 1.54) is 12.1 Å². The molecule has 0 unspecified atom stereocenters. The van der Waals surface area contributed by atoms with Gasteiger partial charge >= 0.3 is 0 Å². The topological polar surface area (TPSA) is 77.3 Å². The number of pyridine rings is 1. The van der Waals surface area contributed by atoms with Gasteiger partial charge in [0.2, 0.25) is 0 Å². The molecule has 21 heavy (non-hydrogen) atoms. The summed E-state index contributed by atoms with van der Waals surface area (Å²) in [6.45, 7) is 4.76. The number of nitrogens with one attached hydrogen (secondary N) is 1. The summed E-state index contributed by atoms with van der Waals surface area (Å²) in [6.07, 6.45) is 1.78. The van der Waals surface area contributed by atoms with E-state index in [0.29, 0.717) is 24.6 Å². The van der Waals surface area contributed by atoms with Crippen LogP contribution in [0.1, 0.15) is 18.2 Å². The van der Waals surface area contributed by atoms with Crippen LogP contribution in [0.4, 0.5) is 11.4 Å². The van der Waals surface area contributed by atoms with Crippen LogP contribution in [0.3, 0.4) is 0 Å². The minimum absolute atomic E-state index is 0.00508. The van der Waals surface area contributed by atoms with Crippen molar-refractivity contribution >= 4 is 11.4 Å². The summed E-state index contributed by atoms with van der Waals surface area (Å²) in [5, 5.41) is 14.1. The highest BCUT2D eigenvalue weighted by atomic mass is 16.6. The van der Waals surface area contributed by atoms with Crippen molar-refractivity contribution in [1.29, 1.82) is 0 Å². The number of ether oxygens (including phenoxy) is 1. The lowest BCUT2D eigenvalue weighted by Gasteiger charge is -2.09. The number of nitro groups is 1. The van der Waals surface area contributed by atoms with Crippen molar-refractivity contribution in [3.8, 4) is 5.75 Å². The normalized spacial score (nSPS) is 10.2. The SMILES string of the molecule is CCOc1cc(NCc2ccc(C)nc2)cc([N+](=O)[O-])c1. The largest absolute Gasteiger partial charge is 0.494 e.